The van der Waals surface area contributed by atoms with Crippen molar-refractivity contribution in [2.75, 3.05) is 0 Å². The zero-order chi connectivity index (χ0) is 27.1. The summed E-state index contributed by atoms with van der Waals surface area (Å²) >= 11 is 0. The Kier molecular flexibility index (Phi) is 5.38. The van der Waals surface area contributed by atoms with Crippen molar-refractivity contribution in [3.63, 3.8) is 0 Å². The Hall–Kier alpha value is -5.16. The van der Waals surface area contributed by atoms with Gasteiger partial charge in [-0.05, 0) is 24.3 Å². The smallest absolute Gasteiger partial charge is 0.740 e. The summed E-state index contributed by atoms with van der Waals surface area (Å²) in [6, 6.07) is 31.1. The van der Waals surface area contributed by atoms with Gasteiger partial charge >= 0.3 is 23.9 Å². The van der Waals surface area contributed by atoms with Crippen molar-refractivity contribution in [1.82, 2.24) is 34.9 Å². The first-order valence-corrected chi connectivity index (χ1v) is 13.2. The second-order valence-corrected chi connectivity index (χ2v) is 9.97. The monoisotopic (exact) mass is 650 g/mol. The fourth-order valence-electron chi connectivity index (χ4n) is 5.73. The van der Waals surface area contributed by atoms with E-state index in [0.29, 0.717) is 45.6 Å². The third kappa shape index (κ3) is 3.49. The van der Waals surface area contributed by atoms with Crippen LogP contribution in [0.2, 0.25) is 0 Å². The topological polar surface area (TPSA) is 123 Å². The van der Waals surface area contributed by atoms with Crippen molar-refractivity contribution in [2.24, 2.45) is 0 Å². The SMILES string of the molecule is [O-][n+]1c2nc(nc3[nH]c(nc4nc(nc5[nH]c1c1ccccc51)-c1ccccc1-4)c1ccccc31)-c1ccccc1-2.[Sn+4]. The van der Waals surface area contributed by atoms with Gasteiger partial charge in [0, 0.05) is 27.3 Å². The van der Waals surface area contributed by atoms with E-state index in [2.05, 4.69) is 9.97 Å². The van der Waals surface area contributed by atoms with E-state index in [4.69, 9.17) is 24.9 Å². The Morgan fingerprint density at radius 3 is 1.43 bits per heavy atom. The summed E-state index contributed by atoms with van der Waals surface area (Å²) in [6.45, 7) is 0. The molecule has 10 heteroatoms. The minimum atomic E-state index is 0. The number of rotatable bonds is 0. The van der Waals surface area contributed by atoms with Crippen molar-refractivity contribution >= 4 is 68.0 Å². The van der Waals surface area contributed by atoms with Crippen LogP contribution in [0.1, 0.15) is 0 Å². The molecule has 192 valence electrons. The first-order valence-electron chi connectivity index (χ1n) is 13.2. The molecule has 8 bridgehead atoms. The van der Waals surface area contributed by atoms with Crippen LogP contribution >= 0.6 is 0 Å². The molecule has 9 rings (SSSR count). The first kappa shape index (κ1) is 24.6. The summed E-state index contributed by atoms with van der Waals surface area (Å²) in [5.41, 5.74) is 5.34. The van der Waals surface area contributed by atoms with Crippen molar-refractivity contribution in [3.8, 4) is 45.6 Å². The zero-order valence-electron chi connectivity index (χ0n) is 21.8. The Balaban J connectivity index is 0.00000267. The molecule has 9 nitrogen and oxygen atoms in total. The maximum Gasteiger partial charge on any atom is 4.00 e. The Morgan fingerprint density at radius 1 is 0.452 bits per heavy atom. The number of fused-ring (bicyclic) bond motifs is 20. The molecule has 0 aliphatic carbocycles. The van der Waals surface area contributed by atoms with Crippen LogP contribution < -0.4 is 4.73 Å². The summed E-state index contributed by atoms with van der Waals surface area (Å²) in [5, 5.41) is 17.4. The molecule has 2 N–H and O–H groups in total. The van der Waals surface area contributed by atoms with E-state index in [1.54, 1.807) is 0 Å². The van der Waals surface area contributed by atoms with Gasteiger partial charge in [-0.25, -0.2) is 14.7 Å². The van der Waals surface area contributed by atoms with Crippen molar-refractivity contribution in [2.45, 2.75) is 0 Å². The summed E-state index contributed by atoms with van der Waals surface area (Å²) in [6.07, 6.45) is 0. The van der Waals surface area contributed by atoms with E-state index >= 15 is 0 Å². The molecule has 0 atom stereocenters. The summed E-state index contributed by atoms with van der Waals surface area (Å²) in [5.74, 6) is 1.76. The molecule has 0 saturated heterocycles. The molecule has 5 heterocycles. The van der Waals surface area contributed by atoms with Crippen molar-refractivity contribution in [1.29, 1.82) is 0 Å². The second kappa shape index (κ2) is 9.18. The quantitative estimate of drug-likeness (QED) is 0.123. The second-order valence-electron chi connectivity index (χ2n) is 9.97. The number of aromatic amines is 2. The summed E-state index contributed by atoms with van der Waals surface area (Å²) < 4.78 is 0.837. The maximum atomic E-state index is 14.1. The van der Waals surface area contributed by atoms with Crippen LogP contribution in [0.3, 0.4) is 0 Å². The Labute approximate surface area is 254 Å². The van der Waals surface area contributed by atoms with Gasteiger partial charge in [-0.1, -0.05) is 77.8 Å². The van der Waals surface area contributed by atoms with Crippen LogP contribution in [-0.2, 0) is 0 Å². The summed E-state index contributed by atoms with van der Waals surface area (Å²) in [7, 11) is 0. The van der Waals surface area contributed by atoms with Crippen LogP contribution in [0, 0.1) is 5.21 Å². The van der Waals surface area contributed by atoms with Gasteiger partial charge in [-0.15, -0.1) is 0 Å². The number of hydrogen-bond donors (Lipinski definition) is 2. The molecule has 0 unspecified atom stereocenters. The third-order valence-electron chi connectivity index (χ3n) is 7.64. The van der Waals surface area contributed by atoms with E-state index in [9.17, 15) is 5.21 Å². The predicted molar refractivity (Wildman–Crippen MR) is 163 cm³/mol. The molecule has 0 spiro atoms. The van der Waals surface area contributed by atoms with E-state index in [-0.39, 0.29) is 29.7 Å². The van der Waals surface area contributed by atoms with Crippen LogP contribution in [-0.4, -0.2) is 58.8 Å². The van der Waals surface area contributed by atoms with Gasteiger partial charge in [-0.2, -0.15) is 9.97 Å². The van der Waals surface area contributed by atoms with Gasteiger partial charge in [0.1, 0.15) is 11.3 Å². The van der Waals surface area contributed by atoms with Gasteiger partial charge in [-0.3, -0.25) is 4.98 Å². The molecule has 0 fully saturated rings. The maximum absolute atomic E-state index is 14.1. The Bertz CT molecular complexity index is 2410. The number of benzene rings is 4. The largest absolute Gasteiger partial charge is 4.00 e. The number of H-pyrrole nitrogens is 2. The van der Waals surface area contributed by atoms with Crippen LogP contribution in [0.4, 0.5) is 0 Å². The molecule has 0 saturated carbocycles. The van der Waals surface area contributed by atoms with E-state index in [1.807, 2.05) is 97.1 Å². The molecule has 4 aromatic carbocycles. The number of nitrogens with zero attached hydrogens (tertiary/aromatic N) is 6. The third-order valence-corrected chi connectivity index (χ3v) is 7.64. The van der Waals surface area contributed by atoms with Crippen molar-refractivity contribution < 1.29 is 4.73 Å². The average Bonchev–Trinajstić information content (AvgIpc) is 3.76. The van der Waals surface area contributed by atoms with Crippen LogP contribution in [0.15, 0.2) is 97.1 Å². The normalized spacial score (nSPS) is 11.7. The zero-order valence-corrected chi connectivity index (χ0v) is 24.7. The van der Waals surface area contributed by atoms with Crippen LogP contribution in [0.5, 0.6) is 0 Å². The Morgan fingerprint density at radius 2 is 0.857 bits per heavy atom. The average molecular weight is 649 g/mol. The molecular formula is C32H18N8OSn+4. The number of aromatic nitrogens is 8. The minimum absolute atomic E-state index is 0. The van der Waals surface area contributed by atoms with Gasteiger partial charge in [0.2, 0.25) is 11.5 Å². The number of hydrogen-bond acceptors (Lipinski definition) is 6. The van der Waals surface area contributed by atoms with Gasteiger partial charge < -0.3 is 10.2 Å². The number of nitrogens with one attached hydrogen (secondary N) is 2. The van der Waals surface area contributed by atoms with Crippen LogP contribution in [0.25, 0.3) is 89.7 Å². The first-order chi connectivity index (χ1) is 20.2. The summed E-state index contributed by atoms with van der Waals surface area (Å²) in [4.78, 5) is 31.2. The molecule has 0 radical (unpaired) electrons. The molecule has 2 aliphatic heterocycles. The molecule has 2 aliphatic rings. The van der Waals surface area contributed by atoms with E-state index in [0.717, 1.165) is 43.0 Å². The van der Waals surface area contributed by atoms with E-state index < -0.39 is 0 Å². The van der Waals surface area contributed by atoms with Crippen molar-refractivity contribution in [3.05, 3.63) is 102 Å². The molecule has 3 aromatic heterocycles. The van der Waals surface area contributed by atoms with Gasteiger partial charge in [0.25, 0.3) is 5.82 Å². The minimum Gasteiger partial charge on any atom is -0.740 e. The molecular weight excluding hydrogens is 631 g/mol. The van der Waals surface area contributed by atoms with Gasteiger partial charge in [0.15, 0.2) is 17.3 Å². The van der Waals surface area contributed by atoms with E-state index in [1.165, 1.54) is 0 Å². The molecule has 42 heavy (non-hydrogen) atoms. The fourth-order valence-corrected chi connectivity index (χ4v) is 5.73. The molecule has 0 amide bonds. The molecule has 7 aromatic rings. The fraction of sp³-hybridized carbons (Fsp3) is 0. The standard InChI is InChI=1S/C32H18N8O.Sn/c41-40-31-23-15-7-5-13-21(23)29(38-31)36-27-19-11-3-1-9-17(19)25(34-27)33-26-18-10-2-4-12-20(18)28(35-26)37-30-22-14-6-8-16-24(22)32(40)39-30;/h1-16H,(H2,33,34,35,36,37,38,39);/q;+4. The van der Waals surface area contributed by atoms with Gasteiger partial charge in [0.05, 0.1) is 16.5 Å². The predicted octanol–water partition coefficient (Wildman–Crippen LogP) is 5.73.